The third-order valence-electron chi connectivity index (χ3n) is 1.97. The lowest BCUT2D eigenvalue weighted by molar-refractivity contribution is 0.101. The minimum atomic E-state index is 0.142. The minimum absolute atomic E-state index is 0.142. The second kappa shape index (κ2) is 2.45. The monoisotopic (exact) mass is 179 g/mol. The fourth-order valence-corrected chi connectivity index (χ4v) is 2.34. The summed E-state index contributed by atoms with van der Waals surface area (Å²) in [5, 5.41) is 2.01. The average Bonchev–Trinajstić information content (AvgIpc) is 2.53. The third kappa shape index (κ3) is 0.898. The Hall–Kier alpha value is -1.09. The molecule has 2 aromatic heterocycles. The molecular weight excluding hydrogens is 170 g/mol. The van der Waals surface area contributed by atoms with Gasteiger partial charge >= 0.3 is 0 Å². The van der Waals surface area contributed by atoms with Gasteiger partial charge in [0.15, 0.2) is 5.78 Å². The van der Waals surface area contributed by atoms with E-state index in [1.165, 1.54) is 0 Å². The van der Waals surface area contributed by atoms with Crippen LogP contribution in [0.5, 0.6) is 0 Å². The molecule has 0 aromatic carbocycles. The van der Waals surface area contributed by atoms with Crippen molar-refractivity contribution in [1.82, 2.24) is 4.57 Å². The first-order chi connectivity index (χ1) is 5.70. The molecule has 62 valence electrons. The summed E-state index contributed by atoms with van der Waals surface area (Å²) >= 11 is 1.62. The van der Waals surface area contributed by atoms with Gasteiger partial charge < -0.3 is 4.57 Å². The molecule has 0 amide bonds. The van der Waals surface area contributed by atoms with Gasteiger partial charge in [-0.15, -0.1) is 11.3 Å². The molecule has 2 aromatic rings. The highest BCUT2D eigenvalue weighted by Crippen LogP contribution is 2.26. The number of thiophene rings is 1. The maximum Gasteiger partial charge on any atom is 0.162 e. The van der Waals surface area contributed by atoms with E-state index in [2.05, 4.69) is 0 Å². The molecule has 2 heterocycles. The second-order valence-electron chi connectivity index (χ2n) is 2.84. The molecule has 0 saturated carbocycles. The van der Waals surface area contributed by atoms with Crippen LogP contribution in [0.4, 0.5) is 0 Å². The van der Waals surface area contributed by atoms with Gasteiger partial charge in [-0.2, -0.15) is 0 Å². The van der Waals surface area contributed by atoms with Crippen molar-refractivity contribution < 1.29 is 4.79 Å². The number of aromatic nitrogens is 1. The molecule has 2 rings (SSSR count). The lowest BCUT2D eigenvalue weighted by atomic mass is 10.2. The maximum absolute atomic E-state index is 11.2. The Balaban J connectivity index is 2.83. The Labute approximate surface area is 74.4 Å². The van der Waals surface area contributed by atoms with Crippen molar-refractivity contribution in [1.29, 1.82) is 0 Å². The van der Waals surface area contributed by atoms with Gasteiger partial charge in [0.25, 0.3) is 0 Å². The number of rotatable bonds is 1. The molecule has 3 heteroatoms. The molecule has 0 unspecified atom stereocenters. The molecule has 0 bridgehead atoms. The number of nitrogens with zero attached hydrogens (tertiary/aromatic N) is 1. The minimum Gasteiger partial charge on any atom is -0.349 e. The van der Waals surface area contributed by atoms with Crippen LogP contribution in [0.2, 0.25) is 0 Å². The Morgan fingerprint density at radius 1 is 1.58 bits per heavy atom. The number of hydrogen-bond donors (Lipinski definition) is 0. The number of carbonyl (C=O) groups is 1. The largest absolute Gasteiger partial charge is 0.349 e. The Bertz CT molecular complexity index is 438. The van der Waals surface area contributed by atoms with E-state index in [1.807, 2.05) is 29.3 Å². The summed E-state index contributed by atoms with van der Waals surface area (Å²) in [5.41, 5.74) is 1.98. The zero-order valence-electron chi connectivity index (χ0n) is 7.00. The smallest absolute Gasteiger partial charge is 0.162 e. The highest BCUT2D eigenvalue weighted by molar-refractivity contribution is 7.17. The first-order valence-electron chi connectivity index (χ1n) is 3.73. The lowest BCUT2D eigenvalue weighted by Gasteiger charge is -1.87. The predicted octanol–water partition coefficient (Wildman–Crippen LogP) is 2.44. The maximum atomic E-state index is 11.2. The molecule has 0 aliphatic carbocycles. The van der Waals surface area contributed by atoms with Crippen LogP contribution < -0.4 is 0 Å². The van der Waals surface area contributed by atoms with Crippen molar-refractivity contribution in [2.45, 2.75) is 6.92 Å². The number of aryl methyl sites for hydroxylation is 1. The van der Waals surface area contributed by atoms with Gasteiger partial charge in [-0.3, -0.25) is 4.79 Å². The van der Waals surface area contributed by atoms with E-state index in [0.717, 1.165) is 15.8 Å². The van der Waals surface area contributed by atoms with Gasteiger partial charge in [0.05, 0.1) is 15.8 Å². The molecule has 0 fully saturated rings. The van der Waals surface area contributed by atoms with Crippen LogP contribution in [0, 0.1) is 0 Å². The van der Waals surface area contributed by atoms with E-state index >= 15 is 0 Å². The molecule has 0 spiro atoms. The molecule has 2 nitrogen and oxygen atoms in total. The van der Waals surface area contributed by atoms with Crippen LogP contribution in [0.3, 0.4) is 0 Å². The number of Topliss-reactive ketones (excluding diaryl/α,β-unsaturated/α-hetero) is 1. The fourth-order valence-electron chi connectivity index (χ4n) is 1.35. The number of fused-ring (bicyclic) bond motifs is 1. The molecule has 0 aliphatic heterocycles. The number of ketones is 1. The van der Waals surface area contributed by atoms with Gasteiger partial charge in [-0.05, 0) is 18.4 Å². The van der Waals surface area contributed by atoms with Crippen molar-refractivity contribution >= 4 is 27.3 Å². The Kier molecular flexibility index (Phi) is 1.54. The van der Waals surface area contributed by atoms with Crippen LogP contribution in [-0.4, -0.2) is 10.4 Å². The first kappa shape index (κ1) is 7.55. The number of carbonyl (C=O) groups excluding carboxylic acids is 1. The van der Waals surface area contributed by atoms with Crippen molar-refractivity contribution in [2.75, 3.05) is 0 Å². The molecule has 0 atom stereocenters. The van der Waals surface area contributed by atoms with Crippen molar-refractivity contribution in [3.8, 4) is 0 Å². The lowest BCUT2D eigenvalue weighted by Crippen LogP contribution is -1.88. The Morgan fingerprint density at radius 2 is 2.33 bits per heavy atom. The summed E-state index contributed by atoms with van der Waals surface area (Å²) in [6, 6.07) is 2.03. The third-order valence-corrected chi connectivity index (χ3v) is 2.91. The van der Waals surface area contributed by atoms with Crippen molar-refractivity contribution in [3.63, 3.8) is 0 Å². The van der Waals surface area contributed by atoms with Gasteiger partial charge in [0.2, 0.25) is 0 Å². The quantitative estimate of drug-likeness (QED) is 0.616. The summed E-state index contributed by atoms with van der Waals surface area (Å²) in [7, 11) is 1.96. The van der Waals surface area contributed by atoms with E-state index < -0.39 is 0 Å². The summed E-state index contributed by atoms with van der Waals surface area (Å²) < 4.78 is 3.09. The molecule has 0 N–H and O–H groups in total. The van der Waals surface area contributed by atoms with Gasteiger partial charge in [-0.25, -0.2) is 0 Å². The fraction of sp³-hybridized carbons (Fsp3) is 0.222. The first-order valence-corrected chi connectivity index (χ1v) is 4.61. The van der Waals surface area contributed by atoms with Crippen LogP contribution in [0.25, 0.3) is 10.2 Å². The van der Waals surface area contributed by atoms with E-state index in [-0.39, 0.29) is 5.78 Å². The molecule has 12 heavy (non-hydrogen) atoms. The van der Waals surface area contributed by atoms with Crippen molar-refractivity contribution in [3.05, 3.63) is 23.2 Å². The predicted molar refractivity (Wildman–Crippen MR) is 50.8 cm³/mol. The van der Waals surface area contributed by atoms with Gasteiger partial charge in [0.1, 0.15) is 0 Å². The van der Waals surface area contributed by atoms with Gasteiger partial charge in [-0.1, -0.05) is 0 Å². The average molecular weight is 179 g/mol. The van der Waals surface area contributed by atoms with Crippen molar-refractivity contribution in [2.24, 2.45) is 7.05 Å². The molecule has 0 aliphatic rings. The van der Waals surface area contributed by atoms with E-state index in [9.17, 15) is 4.79 Å². The second-order valence-corrected chi connectivity index (χ2v) is 3.76. The topological polar surface area (TPSA) is 22.0 Å². The summed E-state index contributed by atoms with van der Waals surface area (Å²) in [4.78, 5) is 11.2. The van der Waals surface area contributed by atoms with Crippen LogP contribution in [0.1, 0.15) is 17.3 Å². The highest BCUT2D eigenvalue weighted by Gasteiger charge is 2.10. The normalized spacial score (nSPS) is 10.8. The summed E-state index contributed by atoms with van der Waals surface area (Å²) in [5.74, 6) is 0.142. The summed E-state index contributed by atoms with van der Waals surface area (Å²) in [6.45, 7) is 1.61. The Morgan fingerprint density at radius 3 is 3.00 bits per heavy atom. The standard InChI is InChI=1S/C9H9NOS/c1-6(11)7-5-10(2)8-3-4-12-9(7)8/h3-5H,1-2H3. The van der Waals surface area contributed by atoms with E-state index in [0.29, 0.717) is 0 Å². The van der Waals surface area contributed by atoms with Crippen LogP contribution in [0.15, 0.2) is 17.6 Å². The van der Waals surface area contributed by atoms with E-state index in [1.54, 1.807) is 18.3 Å². The van der Waals surface area contributed by atoms with Crippen LogP contribution in [-0.2, 0) is 7.05 Å². The van der Waals surface area contributed by atoms with Gasteiger partial charge in [0, 0.05) is 13.2 Å². The van der Waals surface area contributed by atoms with Crippen LogP contribution >= 0.6 is 11.3 Å². The zero-order chi connectivity index (χ0) is 8.72. The van der Waals surface area contributed by atoms with E-state index in [4.69, 9.17) is 0 Å². The summed E-state index contributed by atoms with van der Waals surface area (Å²) in [6.07, 6.45) is 1.89. The molecule has 0 radical (unpaired) electrons. The molecular formula is C9H9NOS. The number of hydrogen-bond acceptors (Lipinski definition) is 2. The molecule has 0 saturated heterocycles. The highest BCUT2D eigenvalue weighted by atomic mass is 32.1. The SMILES string of the molecule is CC(=O)c1cn(C)c2ccsc12. The zero-order valence-corrected chi connectivity index (χ0v) is 7.81.